The van der Waals surface area contributed by atoms with Gasteiger partial charge in [-0.3, -0.25) is 0 Å². The number of piperidine rings is 1. The van der Waals surface area contributed by atoms with Crippen molar-refractivity contribution in [3.8, 4) is 11.5 Å². The molecule has 2 fully saturated rings. The first kappa shape index (κ1) is 31.3. The smallest absolute Gasteiger partial charge is 0.227 e. The van der Waals surface area contributed by atoms with E-state index in [4.69, 9.17) is 19.4 Å². The van der Waals surface area contributed by atoms with Gasteiger partial charge in [-0.15, -0.1) is 0 Å². The van der Waals surface area contributed by atoms with E-state index in [2.05, 4.69) is 82.5 Å². The fourth-order valence-electron chi connectivity index (χ4n) is 6.04. The van der Waals surface area contributed by atoms with Crippen molar-refractivity contribution in [1.82, 2.24) is 24.7 Å². The van der Waals surface area contributed by atoms with Gasteiger partial charge in [0.15, 0.2) is 11.5 Å². The number of benzene rings is 2. The fourth-order valence-corrected chi connectivity index (χ4v) is 6.04. The summed E-state index contributed by atoms with van der Waals surface area (Å²) in [6, 6.07) is 15.3. The number of anilines is 2. The summed E-state index contributed by atoms with van der Waals surface area (Å²) in [7, 11) is 8.08. The molecule has 2 aliphatic heterocycles. The highest BCUT2D eigenvalue weighted by Gasteiger charge is 2.23. The van der Waals surface area contributed by atoms with Crippen molar-refractivity contribution < 1.29 is 9.47 Å². The molecule has 0 aliphatic carbocycles. The Bertz CT molecular complexity index is 1280. The van der Waals surface area contributed by atoms with E-state index >= 15 is 0 Å². The number of likely N-dealkylation sites (N-methyl/N-ethyl adjacent to an activating group) is 1. The minimum atomic E-state index is 0.366. The van der Waals surface area contributed by atoms with Crippen molar-refractivity contribution in [2.24, 2.45) is 0 Å². The molecule has 234 valence electrons. The zero-order chi connectivity index (χ0) is 30.0. The molecule has 9 nitrogen and oxygen atoms in total. The molecule has 0 bridgehead atoms. The lowest BCUT2D eigenvalue weighted by molar-refractivity contribution is 0.221. The number of likely N-dealkylation sites (tertiary alicyclic amines) is 1. The van der Waals surface area contributed by atoms with E-state index in [0.717, 1.165) is 119 Å². The summed E-state index contributed by atoms with van der Waals surface area (Å²) in [5.41, 5.74) is 2.31. The van der Waals surface area contributed by atoms with Crippen LogP contribution in [0.4, 0.5) is 11.8 Å². The molecule has 3 heterocycles. The summed E-state index contributed by atoms with van der Waals surface area (Å²) in [6.45, 7) is 8.95. The monoisotopic (exact) mass is 589 g/mol. The van der Waals surface area contributed by atoms with Crippen molar-refractivity contribution >= 4 is 22.7 Å². The van der Waals surface area contributed by atoms with Gasteiger partial charge in [-0.1, -0.05) is 30.3 Å². The summed E-state index contributed by atoms with van der Waals surface area (Å²) in [4.78, 5) is 19.8. The molecule has 9 heteroatoms. The Balaban J connectivity index is 1.35. The maximum atomic E-state index is 6.22. The van der Waals surface area contributed by atoms with Crippen LogP contribution in [-0.4, -0.2) is 118 Å². The summed E-state index contributed by atoms with van der Waals surface area (Å²) in [5.74, 6) is 3.16. The van der Waals surface area contributed by atoms with E-state index in [0.29, 0.717) is 12.6 Å². The highest BCUT2D eigenvalue weighted by atomic mass is 16.5. The van der Waals surface area contributed by atoms with Crippen LogP contribution in [0.15, 0.2) is 42.5 Å². The van der Waals surface area contributed by atoms with Gasteiger partial charge in [-0.2, -0.15) is 4.98 Å². The first-order chi connectivity index (χ1) is 21.0. The molecular formula is C34H51N7O2. The van der Waals surface area contributed by atoms with Crippen LogP contribution in [-0.2, 0) is 6.42 Å². The minimum Gasteiger partial charge on any atom is -0.493 e. The number of rotatable bonds is 12. The van der Waals surface area contributed by atoms with Crippen LogP contribution >= 0.6 is 0 Å². The molecule has 0 atom stereocenters. The third-order valence-electron chi connectivity index (χ3n) is 8.72. The van der Waals surface area contributed by atoms with Crippen molar-refractivity contribution in [1.29, 1.82) is 0 Å². The predicted molar refractivity (Wildman–Crippen MR) is 177 cm³/mol. The fraction of sp³-hybridized carbons (Fsp3) is 0.588. The maximum absolute atomic E-state index is 6.22. The van der Waals surface area contributed by atoms with E-state index in [1.807, 2.05) is 6.07 Å². The van der Waals surface area contributed by atoms with Crippen LogP contribution in [0, 0.1) is 0 Å². The molecule has 0 unspecified atom stereocenters. The first-order valence-corrected chi connectivity index (χ1v) is 16.1. The molecule has 5 rings (SSSR count). The Hall–Kier alpha value is -3.14. The lowest BCUT2D eigenvalue weighted by atomic mass is 10.0. The van der Waals surface area contributed by atoms with Crippen LogP contribution in [0.5, 0.6) is 11.5 Å². The van der Waals surface area contributed by atoms with Gasteiger partial charge in [-0.05, 0) is 77.8 Å². The second-order valence-electron chi connectivity index (χ2n) is 12.4. The summed E-state index contributed by atoms with van der Waals surface area (Å²) in [5, 5.41) is 4.84. The van der Waals surface area contributed by atoms with Crippen molar-refractivity contribution in [3.63, 3.8) is 0 Å². The van der Waals surface area contributed by atoms with Gasteiger partial charge in [0.05, 0.1) is 19.2 Å². The van der Waals surface area contributed by atoms with E-state index in [1.54, 1.807) is 7.11 Å². The third-order valence-corrected chi connectivity index (χ3v) is 8.72. The summed E-state index contributed by atoms with van der Waals surface area (Å²) < 4.78 is 12.0. The highest BCUT2D eigenvalue weighted by molar-refractivity contribution is 5.93. The second-order valence-corrected chi connectivity index (χ2v) is 12.4. The van der Waals surface area contributed by atoms with Gasteiger partial charge in [0, 0.05) is 63.3 Å². The number of fused-ring (bicyclic) bond motifs is 1. The predicted octanol–water partition coefficient (Wildman–Crippen LogP) is 4.62. The quantitative estimate of drug-likeness (QED) is 0.305. The van der Waals surface area contributed by atoms with Gasteiger partial charge in [0.2, 0.25) is 5.95 Å². The normalized spacial score (nSPS) is 17.7. The Morgan fingerprint density at radius 3 is 2.49 bits per heavy atom. The number of methoxy groups -OCH3 is 1. The Morgan fingerprint density at radius 1 is 0.930 bits per heavy atom. The van der Waals surface area contributed by atoms with Gasteiger partial charge in [0.25, 0.3) is 0 Å². The molecular weight excluding hydrogens is 538 g/mol. The number of nitrogens with one attached hydrogen (secondary N) is 1. The van der Waals surface area contributed by atoms with Gasteiger partial charge < -0.3 is 34.4 Å². The molecule has 2 aliphatic rings. The molecule has 43 heavy (non-hydrogen) atoms. The van der Waals surface area contributed by atoms with E-state index in [-0.39, 0.29) is 0 Å². The molecule has 2 aromatic carbocycles. The number of nitrogens with zero attached hydrogens (tertiary/aromatic N) is 6. The Morgan fingerprint density at radius 2 is 1.72 bits per heavy atom. The zero-order valence-electron chi connectivity index (χ0n) is 26.7. The topological polar surface area (TPSA) is 69.2 Å². The van der Waals surface area contributed by atoms with Gasteiger partial charge in [-0.25, -0.2) is 4.98 Å². The minimum absolute atomic E-state index is 0.366. The van der Waals surface area contributed by atoms with E-state index < -0.39 is 0 Å². The Kier molecular flexibility index (Phi) is 11.3. The standard InChI is InChI=1S/C34H51N7O2/c1-38(2)16-10-24-43-32-26-30-29(25-31(32)42-4)33(37-34(36-30)41-18-9-8-17-39(3)22-23-41)35-28-14-20-40(21-15-28)19-13-27-11-6-5-7-12-27/h5-7,11-12,25-26,28H,8-10,13-24H2,1-4H3,(H,35,36,37). The molecule has 0 amide bonds. The maximum Gasteiger partial charge on any atom is 0.227 e. The highest BCUT2D eigenvalue weighted by Crippen LogP contribution is 2.36. The molecule has 0 spiro atoms. The number of ether oxygens (including phenoxy) is 2. The summed E-state index contributed by atoms with van der Waals surface area (Å²) >= 11 is 0. The van der Waals surface area contributed by atoms with Crippen molar-refractivity contribution in [2.75, 3.05) is 97.4 Å². The Labute approximate surface area is 258 Å². The van der Waals surface area contributed by atoms with Crippen molar-refractivity contribution in [3.05, 3.63) is 48.0 Å². The molecule has 1 N–H and O–H groups in total. The lowest BCUT2D eigenvalue weighted by Crippen LogP contribution is -2.40. The largest absolute Gasteiger partial charge is 0.493 e. The number of hydrogen-bond acceptors (Lipinski definition) is 9. The van der Waals surface area contributed by atoms with Gasteiger partial charge in [0.1, 0.15) is 5.82 Å². The molecule has 0 radical (unpaired) electrons. The average molecular weight is 590 g/mol. The van der Waals surface area contributed by atoms with Crippen LogP contribution in [0.25, 0.3) is 10.9 Å². The van der Waals surface area contributed by atoms with Crippen molar-refractivity contribution in [2.45, 2.75) is 44.6 Å². The van der Waals surface area contributed by atoms with Crippen LogP contribution in [0.1, 0.15) is 37.7 Å². The summed E-state index contributed by atoms with van der Waals surface area (Å²) in [6.07, 6.45) is 6.56. The third kappa shape index (κ3) is 8.94. The zero-order valence-corrected chi connectivity index (χ0v) is 26.7. The van der Waals surface area contributed by atoms with E-state index in [9.17, 15) is 0 Å². The average Bonchev–Trinajstić information content (AvgIpc) is 3.01. The van der Waals surface area contributed by atoms with Gasteiger partial charge >= 0.3 is 0 Å². The molecule has 2 saturated heterocycles. The number of aromatic nitrogens is 2. The SMILES string of the molecule is COc1cc2c(NC3CCN(CCc4ccccc4)CC3)nc(N3CCCCN(C)CC3)nc2cc1OCCCN(C)C. The van der Waals surface area contributed by atoms with Crippen LogP contribution in [0.2, 0.25) is 0 Å². The molecule has 0 saturated carbocycles. The first-order valence-electron chi connectivity index (χ1n) is 16.1. The number of hydrogen-bond donors (Lipinski definition) is 1. The second kappa shape index (κ2) is 15.5. The lowest BCUT2D eigenvalue weighted by Gasteiger charge is -2.33. The van der Waals surface area contributed by atoms with Crippen LogP contribution in [0.3, 0.4) is 0 Å². The van der Waals surface area contributed by atoms with Crippen LogP contribution < -0.4 is 19.7 Å². The molecule has 3 aromatic rings. The molecule has 1 aromatic heterocycles. The van der Waals surface area contributed by atoms with E-state index in [1.165, 1.54) is 12.0 Å².